The number of hydrogen-bond donors (Lipinski definition) is 1. The summed E-state index contributed by atoms with van der Waals surface area (Å²) in [6, 6.07) is 7.42. The first-order valence-corrected chi connectivity index (χ1v) is 7.40. The fourth-order valence-corrected chi connectivity index (χ4v) is 3.08. The van der Waals surface area contributed by atoms with Crippen molar-refractivity contribution in [2.75, 3.05) is 5.32 Å². The highest BCUT2D eigenvalue weighted by Crippen LogP contribution is 2.28. The van der Waals surface area contributed by atoms with Gasteiger partial charge in [-0.15, -0.1) is 0 Å². The molecular weight excluding hydrogens is 370 g/mol. The smallest absolute Gasteiger partial charge is 0.154 e. The van der Waals surface area contributed by atoms with Gasteiger partial charge in [-0.3, -0.25) is 0 Å². The van der Waals surface area contributed by atoms with Crippen LogP contribution in [0.25, 0.3) is 0 Å². The van der Waals surface area contributed by atoms with Gasteiger partial charge in [0.05, 0.1) is 5.69 Å². The van der Waals surface area contributed by atoms with E-state index in [4.69, 9.17) is 34.8 Å². The van der Waals surface area contributed by atoms with E-state index >= 15 is 0 Å². The second-order valence-electron chi connectivity index (χ2n) is 4.02. The van der Waals surface area contributed by atoms with E-state index < -0.39 is 0 Å². The van der Waals surface area contributed by atoms with Gasteiger partial charge < -0.3 is 5.32 Å². The summed E-state index contributed by atoms with van der Waals surface area (Å²) in [4.78, 5) is 4.02. The molecule has 1 aromatic carbocycles. The van der Waals surface area contributed by atoms with Crippen LogP contribution >= 0.6 is 50.7 Å². The number of aromatic nitrogens is 1. The molecule has 0 fully saturated rings. The molecule has 2 nitrogen and oxygen atoms in total. The Morgan fingerprint density at radius 3 is 2.58 bits per heavy atom. The van der Waals surface area contributed by atoms with Crippen molar-refractivity contribution in [1.82, 2.24) is 4.98 Å². The number of anilines is 1. The second-order valence-corrected chi connectivity index (χ2v) is 6.05. The molecule has 0 aliphatic rings. The van der Waals surface area contributed by atoms with Gasteiger partial charge in [0.1, 0.15) is 5.15 Å². The first-order chi connectivity index (χ1) is 8.97. The summed E-state index contributed by atoms with van der Waals surface area (Å²) in [5, 5.41) is 4.71. The fourth-order valence-electron chi connectivity index (χ4n) is 1.66. The molecule has 2 rings (SSSR count). The van der Waals surface area contributed by atoms with Gasteiger partial charge >= 0.3 is 0 Å². The number of nitrogens with zero attached hydrogens (tertiary/aromatic N) is 1. The van der Waals surface area contributed by atoms with E-state index in [1.54, 1.807) is 6.07 Å². The lowest BCUT2D eigenvalue weighted by Crippen LogP contribution is -2.03. The van der Waals surface area contributed by atoms with Crippen molar-refractivity contribution >= 4 is 56.4 Å². The van der Waals surface area contributed by atoms with Crippen molar-refractivity contribution in [2.45, 2.75) is 13.5 Å². The number of benzene rings is 1. The average molecular weight is 381 g/mol. The number of hydrogen-bond acceptors (Lipinski definition) is 2. The molecule has 1 heterocycles. The van der Waals surface area contributed by atoms with Crippen molar-refractivity contribution in [1.29, 1.82) is 0 Å². The van der Waals surface area contributed by atoms with Crippen LogP contribution in [0.3, 0.4) is 0 Å². The molecule has 0 amide bonds. The SMILES string of the molecule is Cc1cc(Cl)nc(Cl)c1NCc1ccc(Cl)cc1Br. The number of halogens is 4. The van der Waals surface area contributed by atoms with Gasteiger partial charge in [0.2, 0.25) is 0 Å². The van der Waals surface area contributed by atoms with Gasteiger partial charge in [-0.1, -0.05) is 56.8 Å². The van der Waals surface area contributed by atoms with Crippen LogP contribution in [0.4, 0.5) is 5.69 Å². The molecule has 0 spiro atoms. The van der Waals surface area contributed by atoms with Crippen LogP contribution in [0.1, 0.15) is 11.1 Å². The van der Waals surface area contributed by atoms with E-state index in [2.05, 4.69) is 26.2 Å². The van der Waals surface area contributed by atoms with Crippen LogP contribution < -0.4 is 5.32 Å². The van der Waals surface area contributed by atoms with Crippen LogP contribution in [0.15, 0.2) is 28.7 Å². The lowest BCUT2D eigenvalue weighted by Gasteiger charge is -2.12. The normalized spacial score (nSPS) is 10.6. The molecule has 0 aliphatic heterocycles. The number of rotatable bonds is 3. The minimum atomic E-state index is 0.370. The standard InChI is InChI=1S/C13H10BrCl3N2/c1-7-4-11(16)19-13(17)12(7)18-6-8-2-3-9(15)5-10(8)14/h2-5,18H,6H2,1H3. The summed E-state index contributed by atoms with van der Waals surface area (Å²) < 4.78 is 0.947. The summed E-state index contributed by atoms with van der Waals surface area (Å²) in [7, 11) is 0. The molecule has 0 atom stereocenters. The maximum absolute atomic E-state index is 6.08. The van der Waals surface area contributed by atoms with Crippen molar-refractivity contribution < 1.29 is 0 Å². The van der Waals surface area contributed by atoms with E-state index in [-0.39, 0.29) is 0 Å². The van der Waals surface area contributed by atoms with Crippen LogP contribution in [0, 0.1) is 6.92 Å². The highest BCUT2D eigenvalue weighted by atomic mass is 79.9. The number of nitrogens with one attached hydrogen (secondary N) is 1. The Morgan fingerprint density at radius 2 is 1.95 bits per heavy atom. The summed E-state index contributed by atoms with van der Waals surface area (Å²) in [5.74, 6) is 0. The molecule has 1 aromatic heterocycles. The maximum atomic E-state index is 6.08. The first-order valence-electron chi connectivity index (χ1n) is 5.48. The Bertz CT molecular complexity index is 594. The zero-order chi connectivity index (χ0) is 14.0. The van der Waals surface area contributed by atoms with E-state index in [1.807, 2.05) is 25.1 Å². The molecule has 6 heteroatoms. The van der Waals surface area contributed by atoms with Gasteiger partial charge in [0.15, 0.2) is 5.15 Å². The molecule has 0 radical (unpaired) electrons. The van der Waals surface area contributed by atoms with Crippen molar-refractivity contribution in [3.8, 4) is 0 Å². The Balaban J connectivity index is 2.19. The van der Waals surface area contributed by atoms with E-state index in [0.29, 0.717) is 21.9 Å². The van der Waals surface area contributed by atoms with E-state index in [1.165, 1.54) is 0 Å². The monoisotopic (exact) mass is 378 g/mol. The van der Waals surface area contributed by atoms with Gasteiger partial charge in [-0.05, 0) is 36.2 Å². The molecule has 19 heavy (non-hydrogen) atoms. The number of pyridine rings is 1. The first kappa shape index (κ1) is 14.9. The van der Waals surface area contributed by atoms with Crippen molar-refractivity contribution in [2.24, 2.45) is 0 Å². The molecule has 2 aromatic rings. The summed E-state index contributed by atoms with van der Waals surface area (Å²) in [5.41, 5.74) is 2.82. The van der Waals surface area contributed by atoms with Crippen LogP contribution in [0.5, 0.6) is 0 Å². The highest BCUT2D eigenvalue weighted by Gasteiger charge is 2.08. The third-order valence-electron chi connectivity index (χ3n) is 2.61. The molecule has 0 aliphatic carbocycles. The lowest BCUT2D eigenvalue weighted by atomic mass is 10.2. The molecular formula is C13H10BrCl3N2. The van der Waals surface area contributed by atoms with Crippen LogP contribution in [-0.2, 0) is 6.54 Å². The topological polar surface area (TPSA) is 24.9 Å². The summed E-state index contributed by atoms with van der Waals surface area (Å²) in [6.45, 7) is 2.54. The fraction of sp³-hybridized carbons (Fsp3) is 0.154. The van der Waals surface area contributed by atoms with Gasteiger partial charge in [0, 0.05) is 16.0 Å². The Morgan fingerprint density at radius 1 is 1.21 bits per heavy atom. The minimum absolute atomic E-state index is 0.370. The van der Waals surface area contributed by atoms with Gasteiger partial charge in [0.25, 0.3) is 0 Å². The van der Waals surface area contributed by atoms with Gasteiger partial charge in [-0.25, -0.2) is 4.98 Å². The largest absolute Gasteiger partial charge is 0.378 e. The molecule has 0 bridgehead atoms. The molecule has 100 valence electrons. The quantitative estimate of drug-likeness (QED) is 0.689. The molecule has 1 N–H and O–H groups in total. The Labute approximate surface area is 135 Å². The lowest BCUT2D eigenvalue weighted by molar-refractivity contribution is 1.11. The third-order valence-corrected chi connectivity index (χ3v) is 4.05. The maximum Gasteiger partial charge on any atom is 0.154 e. The number of aryl methyl sites for hydroxylation is 1. The van der Waals surface area contributed by atoms with Crippen LogP contribution in [-0.4, -0.2) is 4.98 Å². The predicted octanol–water partition coefficient (Wildman–Crippen LogP) is 5.72. The second kappa shape index (κ2) is 6.31. The Kier molecular flexibility index (Phi) is 4.96. The third kappa shape index (κ3) is 3.76. The average Bonchev–Trinajstić information content (AvgIpc) is 2.30. The zero-order valence-corrected chi connectivity index (χ0v) is 13.8. The highest BCUT2D eigenvalue weighted by molar-refractivity contribution is 9.10. The molecule has 0 saturated heterocycles. The van der Waals surface area contributed by atoms with Crippen LogP contribution in [0.2, 0.25) is 15.3 Å². The zero-order valence-electron chi connectivity index (χ0n) is 9.98. The summed E-state index contributed by atoms with van der Waals surface area (Å²) >= 11 is 21.3. The molecule has 0 unspecified atom stereocenters. The van der Waals surface area contributed by atoms with Crippen molar-refractivity contribution in [3.05, 3.63) is 55.2 Å². The van der Waals surface area contributed by atoms with E-state index in [9.17, 15) is 0 Å². The predicted molar refractivity (Wildman–Crippen MR) is 85.5 cm³/mol. The van der Waals surface area contributed by atoms with E-state index in [0.717, 1.165) is 21.3 Å². The molecule has 0 saturated carbocycles. The Hall–Kier alpha value is -0.480. The summed E-state index contributed by atoms with van der Waals surface area (Å²) in [6.07, 6.45) is 0. The van der Waals surface area contributed by atoms with Gasteiger partial charge in [-0.2, -0.15) is 0 Å². The van der Waals surface area contributed by atoms with Crippen molar-refractivity contribution in [3.63, 3.8) is 0 Å². The minimum Gasteiger partial charge on any atom is -0.378 e.